The summed E-state index contributed by atoms with van der Waals surface area (Å²) in [6.45, 7) is 1.98. The summed E-state index contributed by atoms with van der Waals surface area (Å²) in [4.78, 5) is 19.2. The number of hydrogen-bond donors (Lipinski definition) is 1. The summed E-state index contributed by atoms with van der Waals surface area (Å²) >= 11 is 5.49. The molecule has 2 rings (SSSR count). The maximum Gasteiger partial charge on any atom is 0.264 e. The van der Waals surface area contributed by atoms with Gasteiger partial charge in [-0.2, -0.15) is 0 Å². The summed E-state index contributed by atoms with van der Waals surface area (Å²) in [5, 5.41) is 0. The monoisotopic (exact) mass is 434 g/mol. The van der Waals surface area contributed by atoms with E-state index in [1.165, 1.54) is 0 Å². The fourth-order valence-electron chi connectivity index (χ4n) is 1.68. The molecule has 0 radical (unpaired) electrons. The predicted octanol–water partition coefficient (Wildman–Crippen LogP) is 3.38. The number of hydrogen-bond acceptors (Lipinski definition) is 3. The number of aromatic amines is 1. The molecule has 0 bridgehead atoms. The van der Waals surface area contributed by atoms with E-state index in [-0.39, 0.29) is 5.56 Å². The van der Waals surface area contributed by atoms with E-state index in [9.17, 15) is 4.79 Å². The molecule has 0 spiro atoms. The number of nitrogens with zero attached hydrogens (tertiary/aromatic N) is 1. The van der Waals surface area contributed by atoms with Crippen molar-refractivity contribution in [3.05, 3.63) is 42.3 Å². The first-order valence-corrected chi connectivity index (χ1v) is 7.56. The Balaban J connectivity index is 2.65. The lowest BCUT2D eigenvalue weighted by Crippen LogP contribution is -2.16. The van der Waals surface area contributed by atoms with Crippen LogP contribution in [0.2, 0.25) is 0 Å². The molecule has 6 heteroatoms. The Labute approximate surface area is 132 Å². The number of nitrogens with one attached hydrogen (secondary N) is 1. The molecule has 0 amide bonds. The molecule has 0 saturated heterocycles. The van der Waals surface area contributed by atoms with Crippen molar-refractivity contribution < 1.29 is 4.74 Å². The molecule has 0 fully saturated rings. The van der Waals surface area contributed by atoms with Crippen LogP contribution in [-0.2, 0) is 6.42 Å². The standard InChI is InChI=1S/C13H12BrIN2O2/c1-3-10-11(15)13(18)17-12(16-10)8-6-7(19-2)4-5-9(8)14/h4-6H,3H2,1-2H3,(H,16,17,18). The molecule has 1 aromatic heterocycles. The van der Waals surface area contributed by atoms with E-state index in [2.05, 4.69) is 25.9 Å². The minimum atomic E-state index is -0.114. The average molecular weight is 435 g/mol. The van der Waals surface area contributed by atoms with Gasteiger partial charge in [-0.15, -0.1) is 0 Å². The van der Waals surface area contributed by atoms with Crippen molar-refractivity contribution in [2.24, 2.45) is 0 Å². The van der Waals surface area contributed by atoms with E-state index in [0.717, 1.165) is 27.9 Å². The molecule has 0 aliphatic carbocycles. The fourth-order valence-corrected chi connectivity index (χ4v) is 2.75. The Morgan fingerprint density at radius 1 is 1.47 bits per heavy atom. The first-order valence-electron chi connectivity index (χ1n) is 5.69. The highest BCUT2D eigenvalue weighted by molar-refractivity contribution is 14.1. The summed E-state index contributed by atoms with van der Waals surface area (Å²) in [5.41, 5.74) is 1.49. The van der Waals surface area contributed by atoms with Crippen molar-refractivity contribution in [3.63, 3.8) is 0 Å². The number of aromatic nitrogens is 2. The molecular weight excluding hydrogens is 423 g/mol. The van der Waals surface area contributed by atoms with Gasteiger partial charge in [0.1, 0.15) is 11.6 Å². The summed E-state index contributed by atoms with van der Waals surface area (Å²) in [7, 11) is 1.61. The van der Waals surface area contributed by atoms with Crippen LogP contribution >= 0.6 is 38.5 Å². The highest BCUT2D eigenvalue weighted by Crippen LogP contribution is 2.29. The maximum absolute atomic E-state index is 11.9. The highest BCUT2D eigenvalue weighted by atomic mass is 127. The van der Waals surface area contributed by atoms with E-state index in [1.807, 2.05) is 47.7 Å². The van der Waals surface area contributed by atoms with Gasteiger partial charge in [-0.1, -0.05) is 22.9 Å². The summed E-state index contributed by atoms with van der Waals surface area (Å²) in [6.07, 6.45) is 0.719. The topological polar surface area (TPSA) is 55.0 Å². The van der Waals surface area contributed by atoms with Crippen molar-refractivity contribution >= 4 is 38.5 Å². The minimum Gasteiger partial charge on any atom is -0.497 e. The van der Waals surface area contributed by atoms with E-state index in [4.69, 9.17) is 4.74 Å². The van der Waals surface area contributed by atoms with Gasteiger partial charge in [0.05, 0.1) is 16.4 Å². The average Bonchev–Trinajstić information content (AvgIpc) is 2.42. The molecule has 4 nitrogen and oxygen atoms in total. The smallest absolute Gasteiger partial charge is 0.264 e. The van der Waals surface area contributed by atoms with Gasteiger partial charge < -0.3 is 9.72 Å². The molecule has 0 atom stereocenters. The van der Waals surface area contributed by atoms with Crippen molar-refractivity contribution in [1.29, 1.82) is 0 Å². The number of halogens is 2. The number of rotatable bonds is 3. The Morgan fingerprint density at radius 3 is 2.84 bits per heavy atom. The van der Waals surface area contributed by atoms with E-state index >= 15 is 0 Å². The molecule has 0 saturated carbocycles. The van der Waals surface area contributed by atoms with Gasteiger partial charge in [0.2, 0.25) is 0 Å². The van der Waals surface area contributed by atoms with E-state index < -0.39 is 0 Å². The lowest BCUT2D eigenvalue weighted by atomic mass is 10.2. The van der Waals surface area contributed by atoms with Crippen molar-refractivity contribution in [3.8, 4) is 17.1 Å². The van der Waals surface area contributed by atoms with Crippen LogP contribution < -0.4 is 10.3 Å². The van der Waals surface area contributed by atoms with Crippen LogP contribution in [0.5, 0.6) is 5.75 Å². The Bertz CT molecular complexity index is 670. The van der Waals surface area contributed by atoms with Crippen LogP contribution in [0, 0.1) is 3.57 Å². The lowest BCUT2D eigenvalue weighted by Gasteiger charge is -2.08. The molecule has 0 unspecified atom stereocenters. The molecule has 1 heterocycles. The third-order valence-electron chi connectivity index (χ3n) is 2.69. The first kappa shape index (κ1) is 14.5. The van der Waals surface area contributed by atoms with Gasteiger partial charge in [-0.25, -0.2) is 4.98 Å². The van der Waals surface area contributed by atoms with Gasteiger partial charge in [-0.3, -0.25) is 4.79 Å². The van der Waals surface area contributed by atoms with Gasteiger partial charge in [0, 0.05) is 10.0 Å². The van der Waals surface area contributed by atoms with Crippen LogP contribution in [0.25, 0.3) is 11.4 Å². The molecular formula is C13H12BrIN2O2. The second-order valence-corrected chi connectivity index (χ2v) is 5.81. The quantitative estimate of drug-likeness (QED) is 0.753. The molecule has 100 valence electrons. The molecule has 0 aliphatic heterocycles. The van der Waals surface area contributed by atoms with Crippen LogP contribution in [0.4, 0.5) is 0 Å². The first-order chi connectivity index (χ1) is 9.06. The number of benzene rings is 1. The van der Waals surface area contributed by atoms with Gasteiger partial charge in [0.15, 0.2) is 0 Å². The normalized spacial score (nSPS) is 10.5. The Hall–Kier alpha value is -0.890. The number of methoxy groups -OCH3 is 1. The van der Waals surface area contributed by atoms with Crippen molar-refractivity contribution in [2.75, 3.05) is 7.11 Å². The highest BCUT2D eigenvalue weighted by Gasteiger charge is 2.12. The SMILES string of the molecule is CCc1nc(-c2cc(OC)ccc2Br)[nH]c(=O)c1I. The molecule has 2 aromatic rings. The second-order valence-electron chi connectivity index (χ2n) is 3.87. The van der Waals surface area contributed by atoms with Gasteiger partial charge in [0.25, 0.3) is 5.56 Å². The lowest BCUT2D eigenvalue weighted by molar-refractivity contribution is 0.415. The Morgan fingerprint density at radius 2 is 2.21 bits per heavy atom. The van der Waals surface area contributed by atoms with E-state index in [1.54, 1.807) is 7.11 Å². The zero-order valence-electron chi connectivity index (χ0n) is 10.5. The van der Waals surface area contributed by atoms with Crippen LogP contribution in [0.1, 0.15) is 12.6 Å². The summed E-state index contributed by atoms with van der Waals surface area (Å²) in [6, 6.07) is 5.56. The van der Waals surface area contributed by atoms with Gasteiger partial charge in [-0.05, 0) is 47.2 Å². The predicted molar refractivity (Wildman–Crippen MR) is 86.6 cm³/mol. The third-order valence-corrected chi connectivity index (χ3v) is 4.50. The van der Waals surface area contributed by atoms with Crippen molar-refractivity contribution in [1.82, 2.24) is 9.97 Å². The minimum absolute atomic E-state index is 0.114. The third kappa shape index (κ3) is 3.00. The second kappa shape index (κ2) is 6.04. The number of aryl methyl sites for hydroxylation is 1. The maximum atomic E-state index is 11.9. The van der Waals surface area contributed by atoms with Gasteiger partial charge >= 0.3 is 0 Å². The fraction of sp³-hybridized carbons (Fsp3) is 0.231. The number of ether oxygens (including phenoxy) is 1. The van der Waals surface area contributed by atoms with Crippen LogP contribution in [-0.4, -0.2) is 17.1 Å². The van der Waals surface area contributed by atoms with E-state index in [0.29, 0.717) is 9.39 Å². The summed E-state index contributed by atoms with van der Waals surface area (Å²) < 4.78 is 6.70. The molecule has 1 N–H and O–H groups in total. The van der Waals surface area contributed by atoms with Crippen molar-refractivity contribution in [2.45, 2.75) is 13.3 Å². The number of H-pyrrole nitrogens is 1. The van der Waals surface area contributed by atoms with Crippen LogP contribution in [0.15, 0.2) is 27.5 Å². The molecule has 19 heavy (non-hydrogen) atoms. The largest absolute Gasteiger partial charge is 0.497 e. The zero-order chi connectivity index (χ0) is 14.0. The van der Waals surface area contributed by atoms with Crippen LogP contribution in [0.3, 0.4) is 0 Å². The zero-order valence-corrected chi connectivity index (χ0v) is 14.2. The summed E-state index contributed by atoms with van der Waals surface area (Å²) in [5.74, 6) is 1.27. The molecule has 1 aromatic carbocycles. The molecule has 0 aliphatic rings. The Kier molecular flexibility index (Phi) is 4.62.